The van der Waals surface area contributed by atoms with Crippen molar-refractivity contribution in [2.45, 2.75) is 19.1 Å². The molecule has 30 heavy (non-hydrogen) atoms. The zero-order chi connectivity index (χ0) is 21.5. The van der Waals surface area contributed by atoms with E-state index < -0.39 is 29.9 Å². The number of benzene rings is 2. The molecule has 6 nitrogen and oxygen atoms in total. The number of aryl methyl sites for hydroxylation is 1. The lowest BCUT2D eigenvalue weighted by atomic mass is 9.88. The van der Waals surface area contributed by atoms with Gasteiger partial charge in [-0.3, -0.25) is 4.79 Å². The molecule has 0 bridgehead atoms. The number of aromatic nitrogens is 3. The minimum absolute atomic E-state index is 0.111. The van der Waals surface area contributed by atoms with Crippen LogP contribution in [0.1, 0.15) is 23.0 Å². The number of carbonyl (C=O) groups is 1. The Morgan fingerprint density at radius 1 is 1.13 bits per heavy atom. The molecular weight excluding hydrogens is 395 g/mol. The van der Waals surface area contributed by atoms with E-state index in [9.17, 15) is 18.0 Å². The largest absolute Gasteiger partial charge is 0.453 e. The maximum Gasteiger partial charge on any atom is 0.453 e. The average molecular weight is 413 g/mol. The monoisotopic (exact) mass is 413 g/mol. The third kappa shape index (κ3) is 3.66. The van der Waals surface area contributed by atoms with Gasteiger partial charge in [0.25, 0.3) is 5.82 Å². The van der Waals surface area contributed by atoms with Gasteiger partial charge in [0, 0.05) is 11.4 Å². The normalized spacial score (nSPS) is 18.5. The van der Waals surface area contributed by atoms with Crippen LogP contribution in [0.15, 0.2) is 66.9 Å². The third-order valence-corrected chi connectivity index (χ3v) is 4.85. The molecule has 2 atom stereocenters. The molecular formula is C21H18F3N5O. The fourth-order valence-corrected chi connectivity index (χ4v) is 3.42. The number of fused-ring (bicyclic) bond motifs is 1. The number of alkyl halides is 3. The maximum atomic E-state index is 13.2. The molecule has 4 rings (SSSR count). The van der Waals surface area contributed by atoms with Crippen molar-refractivity contribution < 1.29 is 18.0 Å². The molecule has 1 amide bonds. The van der Waals surface area contributed by atoms with Crippen molar-refractivity contribution in [2.75, 3.05) is 10.6 Å². The molecule has 0 saturated heterocycles. The molecule has 3 aromatic rings. The summed E-state index contributed by atoms with van der Waals surface area (Å²) in [6.45, 7) is 5.81. The molecule has 1 aliphatic rings. The van der Waals surface area contributed by atoms with Crippen LogP contribution in [0.25, 0.3) is 0 Å². The highest BCUT2D eigenvalue weighted by Crippen LogP contribution is 2.39. The highest BCUT2D eigenvalue weighted by Gasteiger charge is 2.44. The van der Waals surface area contributed by atoms with E-state index in [1.54, 1.807) is 42.5 Å². The van der Waals surface area contributed by atoms with Gasteiger partial charge < -0.3 is 10.6 Å². The zero-order valence-electron chi connectivity index (χ0n) is 15.9. The zero-order valence-corrected chi connectivity index (χ0v) is 15.9. The highest BCUT2D eigenvalue weighted by atomic mass is 19.4. The van der Waals surface area contributed by atoms with Crippen molar-refractivity contribution in [3.8, 4) is 0 Å². The summed E-state index contributed by atoms with van der Waals surface area (Å²) in [6, 6.07) is 15.1. The lowest BCUT2D eigenvalue weighted by molar-refractivity contribution is -0.145. The van der Waals surface area contributed by atoms with Crippen molar-refractivity contribution in [3.63, 3.8) is 0 Å². The summed E-state index contributed by atoms with van der Waals surface area (Å²) in [5, 5.41) is 9.19. The summed E-state index contributed by atoms with van der Waals surface area (Å²) >= 11 is 0. The van der Waals surface area contributed by atoms with Crippen LogP contribution in [0, 0.1) is 12.8 Å². The number of halogens is 3. The van der Waals surface area contributed by atoms with Gasteiger partial charge in [0.05, 0.1) is 6.04 Å². The number of nitrogens with zero attached hydrogens (tertiary/aromatic N) is 3. The first kappa shape index (κ1) is 19.7. The van der Waals surface area contributed by atoms with E-state index in [1.165, 1.54) is 0 Å². The van der Waals surface area contributed by atoms with Crippen LogP contribution in [0.4, 0.5) is 24.8 Å². The van der Waals surface area contributed by atoms with Gasteiger partial charge in [-0.1, -0.05) is 54.6 Å². The molecule has 0 spiro atoms. The lowest BCUT2D eigenvalue weighted by Gasteiger charge is -2.33. The molecule has 0 unspecified atom stereocenters. The van der Waals surface area contributed by atoms with Crippen LogP contribution in [0.2, 0.25) is 0 Å². The van der Waals surface area contributed by atoms with Crippen molar-refractivity contribution in [3.05, 3.63) is 83.8 Å². The van der Waals surface area contributed by atoms with Crippen LogP contribution in [-0.2, 0) is 11.0 Å². The van der Waals surface area contributed by atoms with Crippen LogP contribution in [0.3, 0.4) is 0 Å². The van der Waals surface area contributed by atoms with E-state index in [0.29, 0.717) is 11.3 Å². The molecule has 154 valence electrons. The van der Waals surface area contributed by atoms with E-state index in [1.807, 2.05) is 19.1 Å². The maximum absolute atomic E-state index is 13.2. The predicted molar refractivity (Wildman–Crippen MR) is 106 cm³/mol. The number of nitrogens with one attached hydrogen (secondary N) is 2. The quantitative estimate of drug-likeness (QED) is 0.668. The first-order valence-electron chi connectivity index (χ1n) is 9.16. The second-order valence-corrected chi connectivity index (χ2v) is 7.04. The van der Waals surface area contributed by atoms with E-state index >= 15 is 0 Å². The van der Waals surface area contributed by atoms with E-state index in [4.69, 9.17) is 0 Å². The lowest BCUT2D eigenvalue weighted by Crippen LogP contribution is -2.39. The Labute approximate surface area is 170 Å². The standard InChI is InChI=1S/C21H18F3N5O/c1-12-8-10-15(11-9-12)26-18(30)16-13(2)25-20-27-19(21(22,23)24)28-29(20)17(16)14-6-4-3-5-7-14/h3-11,16-17H,2H2,1H3,(H,26,30)(H,25,27,28)/t16-,17-/m0/s1. The molecule has 0 radical (unpaired) electrons. The molecule has 1 aliphatic heterocycles. The topological polar surface area (TPSA) is 71.8 Å². The molecule has 0 saturated carbocycles. The van der Waals surface area contributed by atoms with Gasteiger partial charge in [0.15, 0.2) is 0 Å². The van der Waals surface area contributed by atoms with Crippen molar-refractivity contribution in [2.24, 2.45) is 5.92 Å². The summed E-state index contributed by atoms with van der Waals surface area (Å²) in [5.74, 6) is -2.72. The molecule has 2 heterocycles. The Bertz CT molecular complexity index is 1090. The van der Waals surface area contributed by atoms with Gasteiger partial charge in [0.1, 0.15) is 5.92 Å². The summed E-state index contributed by atoms with van der Waals surface area (Å²) in [6.07, 6.45) is -4.71. The Kier molecular flexibility index (Phi) is 4.81. The molecule has 0 fully saturated rings. The van der Waals surface area contributed by atoms with Crippen LogP contribution in [-0.4, -0.2) is 20.7 Å². The van der Waals surface area contributed by atoms with Gasteiger partial charge in [0.2, 0.25) is 11.9 Å². The predicted octanol–water partition coefficient (Wildman–Crippen LogP) is 4.39. The van der Waals surface area contributed by atoms with Crippen LogP contribution in [0.5, 0.6) is 0 Å². The molecule has 2 aromatic carbocycles. The van der Waals surface area contributed by atoms with Gasteiger partial charge in [-0.25, -0.2) is 4.68 Å². The molecule has 1 aromatic heterocycles. The van der Waals surface area contributed by atoms with E-state index in [-0.39, 0.29) is 11.6 Å². The van der Waals surface area contributed by atoms with Gasteiger partial charge in [-0.15, -0.1) is 5.10 Å². The van der Waals surface area contributed by atoms with Crippen molar-refractivity contribution in [1.29, 1.82) is 0 Å². The Morgan fingerprint density at radius 3 is 2.43 bits per heavy atom. The van der Waals surface area contributed by atoms with E-state index in [0.717, 1.165) is 10.2 Å². The number of hydrogen-bond acceptors (Lipinski definition) is 4. The molecule has 9 heteroatoms. The summed E-state index contributed by atoms with van der Waals surface area (Å²) in [4.78, 5) is 16.7. The minimum atomic E-state index is -4.71. The number of carbonyl (C=O) groups excluding carboxylic acids is 1. The summed E-state index contributed by atoms with van der Waals surface area (Å²) < 4.78 is 40.7. The Morgan fingerprint density at radius 2 is 1.80 bits per heavy atom. The third-order valence-electron chi connectivity index (χ3n) is 4.85. The second kappa shape index (κ2) is 7.33. The fourth-order valence-electron chi connectivity index (χ4n) is 3.42. The molecule has 0 aliphatic carbocycles. The molecule has 2 N–H and O–H groups in total. The minimum Gasteiger partial charge on any atom is -0.328 e. The van der Waals surface area contributed by atoms with Gasteiger partial charge in [-0.2, -0.15) is 18.2 Å². The number of hydrogen-bond donors (Lipinski definition) is 2. The number of rotatable bonds is 3. The summed E-state index contributed by atoms with van der Waals surface area (Å²) in [7, 11) is 0. The summed E-state index contributed by atoms with van der Waals surface area (Å²) in [5.41, 5.74) is 2.46. The van der Waals surface area contributed by atoms with Gasteiger partial charge >= 0.3 is 6.18 Å². The van der Waals surface area contributed by atoms with E-state index in [2.05, 4.69) is 27.3 Å². The Balaban J connectivity index is 1.76. The Hall–Kier alpha value is -3.62. The first-order valence-corrected chi connectivity index (χ1v) is 9.16. The smallest absolute Gasteiger partial charge is 0.328 e. The van der Waals surface area contributed by atoms with Crippen molar-refractivity contribution >= 4 is 17.5 Å². The van der Waals surface area contributed by atoms with Crippen LogP contribution >= 0.6 is 0 Å². The van der Waals surface area contributed by atoms with Crippen molar-refractivity contribution in [1.82, 2.24) is 14.8 Å². The fraction of sp³-hybridized carbons (Fsp3) is 0.190. The number of amides is 1. The average Bonchev–Trinajstić information content (AvgIpc) is 3.13. The van der Waals surface area contributed by atoms with Crippen LogP contribution < -0.4 is 10.6 Å². The SMILES string of the molecule is C=C1Nc2nc(C(F)(F)F)nn2[C@@H](c2ccccc2)[C@H]1C(=O)Nc1ccc(C)cc1. The first-order chi connectivity index (χ1) is 14.2. The second-order valence-electron chi connectivity index (χ2n) is 7.04. The highest BCUT2D eigenvalue weighted by molar-refractivity contribution is 5.95. The van der Waals surface area contributed by atoms with Gasteiger partial charge in [-0.05, 0) is 24.6 Å². The number of anilines is 2.